The van der Waals surface area contributed by atoms with Crippen LogP contribution in [0.3, 0.4) is 0 Å². The van der Waals surface area contributed by atoms with Crippen molar-refractivity contribution >= 4 is 17.9 Å². The SMILES string of the molecule is CC(C)(C)C(=O)OCn1cc(C2CCN(c3ncc(-c4cnc(NC5Cc6ccccc6C5)nc4)[nH]3)C2)nn1. The molecular weight excluding hydrogens is 494 g/mol. The molecule has 0 amide bonds. The molecule has 6 rings (SSSR count). The van der Waals surface area contributed by atoms with Crippen molar-refractivity contribution in [3.05, 3.63) is 65.9 Å². The number of hydrogen-bond acceptors (Lipinski definition) is 9. The van der Waals surface area contributed by atoms with Gasteiger partial charge in [0, 0.05) is 43.0 Å². The summed E-state index contributed by atoms with van der Waals surface area (Å²) in [7, 11) is 0. The van der Waals surface area contributed by atoms with Crippen molar-refractivity contribution in [2.45, 2.75) is 58.7 Å². The Balaban J connectivity index is 1.03. The van der Waals surface area contributed by atoms with Gasteiger partial charge in [-0.25, -0.2) is 19.6 Å². The van der Waals surface area contributed by atoms with Crippen LogP contribution in [0.2, 0.25) is 0 Å². The molecule has 1 fully saturated rings. The summed E-state index contributed by atoms with van der Waals surface area (Å²) in [4.78, 5) is 31.4. The third kappa shape index (κ3) is 5.47. The molecule has 2 N–H and O–H groups in total. The first-order chi connectivity index (χ1) is 18.8. The Morgan fingerprint density at radius 1 is 1.10 bits per heavy atom. The molecule has 11 heteroatoms. The second kappa shape index (κ2) is 10.1. The largest absolute Gasteiger partial charge is 0.442 e. The van der Waals surface area contributed by atoms with Gasteiger partial charge in [-0.15, -0.1) is 5.10 Å². The molecule has 0 spiro atoms. The highest BCUT2D eigenvalue weighted by atomic mass is 16.5. The van der Waals surface area contributed by atoms with Crippen LogP contribution >= 0.6 is 0 Å². The van der Waals surface area contributed by atoms with Gasteiger partial charge in [0.25, 0.3) is 0 Å². The van der Waals surface area contributed by atoms with Crippen LogP contribution in [-0.2, 0) is 29.1 Å². The number of ether oxygens (including phenoxy) is 1. The van der Waals surface area contributed by atoms with Crippen LogP contribution < -0.4 is 10.2 Å². The average Bonchev–Trinajstić information content (AvgIpc) is 3.72. The molecule has 0 radical (unpaired) electrons. The minimum atomic E-state index is -0.551. The molecule has 4 heterocycles. The van der Waals surface area contributed by atoms with Gasteiger partial charge in [-0.1, -0.05) is 29.5 Å². The number of nitrogens with zero attached hydrogens (tertiary/aromatic N) is 7. The standard InChI is InChI=1S/C28H33N9O2/c1-28(2,3)25(38)39-17-37-16-24(34-35-37)20-8-9-36(15-20)27-31-14-23(33-27)21-12-29-26(30-13-21)32-22-10-18-6-4-5-7-19(18)11-22/h4-7,12-14,16,20,22H,8-11,15,17H2,1-3H3,(H,31,33)(H,29,30,32). The Labute approximate surface area is 227 Å². The van der Waals surface area contributed by atoms with Gasteiger partial charge in [-0.3, -0.25) is 4.79 Å². The van der Waals surface area contributed by atoms with Crippen molar-refractivity contribution in [3.8, 4) is 11.3 Å². The molecule has 1 saturated heterocycles. The van der Waals surface area contributed by atoms with E-state index in [-0.39, 0.29) is 18.6 Å². The minimum Gasteiger partial charge on any atom is -0.442 e. The van der Waals surface area contributed by atoms with Crippen LogP contribution in [0.1, 0.15) is 49.9 Å². The Hall–Kier alpha value is -4.28. The number of fused-ring (bicyclic) bond motifs is 1. The quantitative estimate of drug-likeness (QED) is 0.347. The molecule has 1 aliphatic heterocycles. The molecule has 3 aromatic heterocycles. The summed E-state index contributed by atoms with van der Waals surface area (Å²) in [6.45, 7) is 7.16. The fourth-order valence-corrected chi connectivity index (χ4v) is 5.10. The van der Waals surface area contributed by atoms with E-state index in [1.807, 2.05) is 45.6 Å². The van der Waals surface area contributed by atoms with Crippen LogP contribution in [0, 0.1) is 5.41 Å². The number of carbonyl (C=O) groups is 1. The minimum absolute atomic E-state index is 0.0613. The van der Waals surface area contributed by atoms with E-state index >= 15 is 0 Å². The second-order valence-electron chi connectivity index (χ2n) is 11.4. The van der Waals surface area contributed by atoms with Gasteiger partial charge >= 0.3 is 5.97 Å². The van der Waals surface area contributed by atoms with E-state index in [9.17, 15) is 4.79 Å². The van der Waals surface area contributed by atoms with E-state index < -0.39 is 5.41 Å². The lowest BCUT2D eigenvalue weighted by Gasteiger charge is -2.16. The second-order valence-corrected chi connectivity index (χ2v) is 11.4. The van der Waals surface area contributed by atoms with Crippen molar-refractivity contribution in [1.29, 1.82) is 0 Å². The number of hydrogen-bond donors (Lipinski definition) is 2. The monoisotopic (exact) mass is 527 g/mol. The summed E-state index contributed by atoms with van der Waals surface area (Å²) in [6.07, 6.45) is 10.2. The molecule has 0 saturated carbocycles. The third-order valence-electron chi connectivity index (χ3n) is 7.31. The predicted octanol–water partition coefficient (Wildman–Crippen LogP) is 3.58. The number of anilines is 2. The van der Waals surface area contributed by atoms with Crippen molar-refractivity contribution in [2.75, 3.05) is 23.3 Å². The van der Waals surface area contributed by atoms with Gasteiger partial charge in [-0.2, -0.15) is 0 Å². The number of rotatable bonds is 7. The first-order valence-electron chi connectivity index (χ1n) is 13.3. The first kappa shape index (κ1) is 25.0. The molecule has 1 aromatic carbocycles. The zero-order chi connectivity index (χ0) is 27.0. The van der Waals surface area contributed by atoms with E-state index in [2.05, 4.69) is 64.7 Å². The molecule has 1 unspecified atom stereocenters. The number of imidazole rings is 1. The fourth-order valence-electron chi connectivity index (χ4n) is 5.10. The van der Waals surface area contributed by atoms with Crippen molar-refractivity contribution in [3.63, 3.8) is 0 Å². The zero-order valence-corrected chi connectivity index (χ0v) is 22.5. The highest BCUT2D eigenvalue weighted by Gasteiger charge is 2.29. The van der Waals surface area contributed by atoms with Crippen molar-refractivity contribution in [2.24, 2.45) is 5.41 Å². The topological polar surface area (TPSA) is 127 Å². The Morgan fingerprint density at radius 2 is 1.85 bits per heavy atom. The number of carbonyl (C=O) groups excluding carboxylic acids is 1. The van der Waals surface area contributed by atoms with E-state index in [4.69, 9.17) is 4.74 Å². The molecule has 11 nitrogen and oxygen atoms in total. The lowest BCUT2D eigenvalue weighted by atomic mass is 9.98. The molecule has 2 aliphatic rings. The van der Waals surface area contributed by atoms with Gasteiger partial charge in [0.1, 0.15) is 0 Å². The molecular formula is C28H33N9O2. The lowest BCUT2D eigenvalue weighted by Crippen LogP contribution is -2.24. The van der Waals surface area contributed by atoms with Crippen molar-refractivity contribution in [1.82, 2.24) is 34.9 Å². The summed E-state index contributed by atoms with van der Waals surface area (Å²) in [5.74, 6) is 1.40. The van der Waals surface area contributed by atoms with Crippen LogP contribution in [0.15, 0.2) is 49.1 Å². The van der Waals surface area contributed by atoms with E-state index in [0.29, 0.717) is 12.0 Å². The molecule has 0 bridgehead atoms. The molecule has 1 atom stereocenters. The molecule has 1 aliphatic carbocycles. The van der Waals surface area contributed by atoms with Crippen molar-refractivity contribution < 1.29 is 9.53 Å². The summed E-state index contributed by atoms with van der Waals surface area (Å²) < 4.78 is 6.91. The summed E-state index contributed by atoms with van der Waals surface area (Å²) >= 11 is 0. The van der Waals surface area contributed by atoms with Crippen LogP contribution in [0.25, 0.3) is 11.3 Å². The fraction of sp³-hybridized carbons (Fsp3) is 0.429. The Bertz CT molecular complexity index is 1430. The number of benzene rings is 1. The van der Waals surface area contributed by atoms with Crippen LogP contribution in [0.4, 0.5) is 11.9 Å². The van der Waals surface area contributed by atoms with Crippen LogP contribution in [-0.4, -0.2) is 60.0 Å². The average molecular weight is 528 g/mol. The molecule has 39 heavy (non-hydrogen) atoms. The summed E-state index contributed by atoms with van der Waals surface area (Å²) in [5, 5.41) is 11.9. The number of esters is 1. The van der Waals surface area contributed by atoms with Gasteiger partial charge in [0.2, 0.25) is 11.9 Å². The Morgan fingerprint density at radius 3 is 2.56 bits per heavy atom. The maximum Gasteiger partial charge on any atom is 0.313 e. The molecule has 4 aromatic rings. The number of aromatic nitrogens is 7. The summed E-state index contributed by atoms with van der Waals surface area (Å²) in [6, 6.07) is 8.88. The zero-order valence-electron chi connectivity index (χ0n) is 22.5. The highest BCUT2D eigenvalue weighted by molar-refractivity contribution is 5.75. The number of aromatic amines is 1. The van der Waals surface area contributed by atoms with Gasteiger partial charge in [0.05, 0.1) is 29.2 Å². The van der Waals surface area contributed by atoms with Crippen LogP contribution in [0.5, 0.6) is 0 Å². The number of H-pyrrole nitrogens is 1. The normalized spacial score (nSPS) is 17.4. The van der Waals surface area contributed by atoms with Gasteiger partial charge < -0.3 is 19.9 Å². The third-order valence-corrected chi connectivity index (χ3v) is 7.31. The maximum atomic E-state index is 12.0. The van der Waals surface area contributed by atoms with E-state index in [0.717, 1.165) is 55.3 Å². The van der Waals surface area contributed by atoms with E-state index in [1.54, 1.807) is 4.68 Å². The molecule has 202 valence electrons. The Kier molecular flexibility index (Phi) is 6.49. The van der Waals surface area contributed by atoms with E-state index in [1.165, 1.54) is 11.1 Å². The first-order valence-corrected chi connectivity index (χ1v) is 13.3. The predicted molar refractivity (Wildman–Crippen MR) is 146 cm³/mol. The highest BCUT2D eigenvalue weighted by Crippen LogP contribution is 2.30. The summed E-state index contributed by atoms with van der Waals surface area (Å²) in [5.41, 5.74) is 4.89. The maximum absolute atomic E-state index is 12.0. The number of nitrogens with one attached hydrogen (secondary N) is 2. The van der Waals surface area contributed by atoms with Gasteiger partial charge in [-0.05, 0) is 51.2 Å². The smallest absolute Gasteiger partial charge is 0.313 e. The van der Waals surface area contributed by atoms with Gasteiger partial charge in [0.15, 0.2) is 6.73 Å². The lowest BCUT2D eigenvalue weighted by molar-refractivity contribution is -0.157.